The van der Waals surface area contributed by atoms with Gasteiger partial charge in [-0.3, -0.25) is 11.3 Å². The summed E-state index contributed by atoms with van der Waals surface area (Å²) >= 11 is 5.05. The first-order valence-corrected chi connectivity index (χ1v) is 6.29. The lowest BCUT2D eigenvalue weighted by Crippen LogP contribution is -2.29. The molecule has 0 radical (unpaired) electrons. The summed E-state index contributed by atoms with van der Waals surface area (Å²) in [7, 11) is 1.74. The van der Waals surface area contributed by atoms with E-state index in [1.54, 1.807) is 18.4 Å². The third kappa shape index (κ3) is 2.64. The summed E-state index contributed by atoms with van der Waals surface area (Å²) in [5, 5.41) is 13.9. The predicted molar refractivity (Wildman–Crippen MR) is 64.6 cm³/mol. The maximum atomic E-state index is 5.53. The second-order valence-electron chi connectivity index (χ2n) is 3.29. The molecule has 6 nitrogen and oxygen atoms in total. The van der Waals surface area contributed by atoms with Crippen LogP contribution < -0.4 is 11.3 Å². The first-order chi connectivity index (χ1) is 7.69. The molecule has 2 heterocycles. The molecule has 16 heavy (non-hydrogen) atoms. The number of nitrogens with zero attached hydrogens (tertiary/aromatic N) is 4. The minimum absolute atomic E-state index is 0.0144. The summed E-state index contributed by atoms with van der Waals surface area (Å²) in [5.41, 5.74) is 2.76. The number of hydrazine groups is 1. The highest BCUT2D eigenvalue weighted by atomic mass is 79.9. The van der Waals surface area contributed by atoms with Crippen LogP contribution in [0.15, 0.2) is 15.9 Å². The number of aromatic nitrogens is 4. The average molecular weight is 303 g/mol. The van der Waals surface area contributed by atoms with Gasteiger partial charge in [0.15, 0.2) is 5.82 Å². The van der Waals surface area contributed by atoms with Crippen LogP contribution in [0.4, 0.5) is 0 Å². The van der Waals surface area contributed by atoms with Crippen molar-refractivity contribution in [1.82, 2.24) is 25.6 Å². The summed E-state index contributed by atoms with van der Waals surface area (Å²) in [6.07, 6.45) is 0.622. The van der Waals surface area contributed by atoms with E-state index in [4.69, 9.17) is 5.84 Å². The van der Waals surface area contributed by atoms with Crippen LogP contribution in [0.1, 0.15) is 16.7 Å². The molecule has 0 aliphatic heterocycles. The van der Waals surface area contributed by atoms with Crippen LogP contribution in [0.5, 0.6) is 0 Å². The number of nitrogens with two attached hydrogens (primary N) is 1. The molecule has 0 saturated heterocycles. The molecule has 0 amide bonds. The van der Waals surface area contributed by atoms with Crippen LogP contribution in [0, 0.1) is 0 Å². The molecule has 1 unspecified atom stereocenters. The standard InChI is InChI=1S/C8H11BrN6S/c1-15-13-8(12-14-15)3-6(11-10)7-2-5(9)4-16-7/h2,4,6,11H,3,10H2,1H3. The maximum absolute atomic E-state index is 5.53. The van der Waals surface area contributed by atoms with Gasteiger partial charge in [0.1, 0.15) is 0 Å². The molecule has 0 fully saturated rings. The molecule has 2 aromatic rings. The number of tetrazole rings is 1. The van der Waals surface area contributed by atoms with E-state index in [2.05, 4.69) is 36.8 Å². The van der Waals surface area contributed by atoms with E-state index in [0.717, 1.165) is 9.35 Å². The number of hydrogen-bond acceptors (Lipinski definition) is 6. The quantitative estimate of drug-likeness (QED) is 0.644. The zero-order valence-electron chi connectivity index (χ0n) is 8.59. The summed E-state index contributed by atoms with van der Waals surface area (Å²) in [5.74, 6) is 6.20. The van der Waals surface area contributed by atoms with Gasteiger partial charge in [-0.15, -0.1) is 21.5 Å². The van der Waals surface area contributed by atoms with Gasteiger partial charge < -0.3 is 0 Å². The molecule has 0 saturated carbocycles. The number of nitrogens with one attached hydrogen (secondary N) is 1. The zero-order chi connectivity index (χ0) is 11.5. The first kappa shape index (κ1) is 11.6. The van der Waals surface area contributed by atoms with E-state index >= 15 is 0 Å². The van der Waals surface area contributed by atoms with Crippen LogP contribution >= 0.6 is 27.3 Å². The second-order valence-corrected chi connectivity index (χ2v) is 5.14. The van der Waals surface area contributed by atoms with Gasteiger partial charge in [-0.1, -0.05) is 0 Å². The summed E-state index contributed by atoms with van der Waals surface area (Å²) in [6.45, 7) is 0. The highest BCUT2D eigenvalue weighted by Gasteiger charge is 2.15. The lowest BCUT2D eigenvalue weighted by atomic mass is 10.2. The molecule has 8 heteroatoms. The minimum atomic E-state index is 0.0144. The molecule has 86 valence electrons. The van der Waals surface area contributed by atoms with Crippen molar-refractivity contribution >= 4 is 27.3 Å². The van der Waals surface area contributed by atoms with Crippen molar-refractivity contribution < 1.29 is 0 Å². The van der Waals surface area contributed by atoms with Gasteiger partial charge in [0.25, 0.3) is 0 Å². The number of aryl methyl sites for hydroxylation is 1. The van der Waals surface area contributed by atoms with Gasteiger partial charge in [-0.2, -0.15) is 4.80 Å². The molecule has 2 rings (SSSR count). The topological polar surface area (TPSA) is 81.7 Å². The minimum Gasteiger partial charge on any atom is -0.271 e. The smallest absolute Gasteiger partial charge is 0.176 e. The van der Waals surface area contributed by atoms with Crippen molar-refractivity contribution in [2.24, 2.45) is 12.9 Å². The van der Waals surface area contributed by atoms with Crippen molar-refractivity contribution in [3.8, 4) is 0 Å². The number of thiophene rings is 1. The molecule has 0 aliphatic rings. The van der Waals surface area contributed by atoms with E-state index < -0.39 is 0 Å². The molecular formula is C8H11BrN6S. The highest BCUT2D eigenvalue weighted by Crippen LogP contribution is 2.26. The lowest BCUT2D eigenvalue weighted by Gasteiger charge is -2.11. The van der Waals surface area contributed by atoms with E-state index in [9.17, 15) is 0 Å². The fourth-order valence-corrected chi connectivity index (χ4v) is 2.85. The van der Waals surface area contributed by atoms with Gasteiger partial charge in [0, 0.05) is 21.2 Å². The van der Waals surface area contributed by atoms with Crippen molar-refractivity contribution in [2.75, 3.05) is 0 Å². The SMILES string of the molecule is Cn1nnc(CC(NN)c2cc(Br)cs2)n1. The van der Waals surface area contributed by atoms with E-state index in [1.807, 2.05) is 11.4 Å². The van der Waals surface area contributed by atoms with E-state index in [0.29, 0.717) is 12.2 Å². The van der Waals surface area contributed by atoms with Crippen LogP contribution in [0.2, 0.25) is 0 Å². The molecule has 2 aromatic heterocycles. The Morgan fingerprint density at radius 1 is 1.69 bits per heavy atom. The number of hydrogen-bond donors (Lipinski definition) is 2. The van der Waals surface area contributed by atoms with Crippen molar-refractivity contribution in [3.63, 3.8) is 0 Å². The van der Waals surface area contributed by atoms with Gasteiger partial charge >= 0.3 is 0 Å². The normalized spacial score (nSPS) is 12.9. The Labute approximate surface area is 105 Å². The molecular weight excluding hydrogens is 292 g/mol. The van der Waals surface area contributed by atoms with Gasteiger partial charge in [0.2, 0.25) is 0 Å². The van der Waals surface area contributed by atoms with Crippen molar-refractivity contribution in [1.29, 1.82) is 0 Å². The Morgan fingerprint density at radius 2 is 2.50 bits per heavy atom. The lowest BCUT2D eigenvalue weighted by molar-refractivity contribution is 0.544. The summed E-state index contributed by atoms with van der Waals surface area (Å²) < 4.78 is 1.06. The van der Waals surface area contributed by atoms with Gasteiger partial charge in [0.05, 0.1) is 13.1 Å². The van der Waals surface area contributed by atoms with Crippen LogP contribution in [0.3, 0.4) is 0 Å². The fraction of sp³-hybridized carbons (Fsp3) is 0.375. The maximum Gasteiger partial charge on any atom is 0.176 e. The zero-order valence-corrected chi connectivity index (χ0v) is 11.0. The van der Waals surface area contributed by atoms with Crippen molar-refractivity contribution in [3.05, 3.63) is 26.6 Å². The molecule has 1 atom stereocenters. The number of halogens is 1. The Bertz CT molecular complexity index is 467. The van der Waals surface area contributed by atoms with Crippen LogP contribution in [-0.4, -0.2) is 20.2 Å². The Hall–Kier alpha value is -0.830. The summed E-state index contributed by atoms with van der Waals surface area (Å²) in [4.78, 5) is 2.58. The third-order valence-corrected chi connectivity index (χ3v) is 3.88. The monoisotopic (exact) mass is 302 g/mol. The molecule has 0 spiro atoms. The molecule has 0 bridgehead atoms. The highest BCUT2D eigenvalue weighted by molar-refractivity contribution is 9.10. The Kier molecular flexibility index (Phi) is 3.64. The first-order valence-electron chi connectivity index (χ1n) is 4.62. The Balaban J connectivity index is 2.12. The summed E-state index contributed by atoms with van der Waals surface area (Å²) in [6, 6.07) is 2.05. The third-order valence-electron chi connectivity index (χ3n) is 2.07. The van der Waals surface area contributed by atoms with Crippen molar-refractivity contribution in [2.45, 2.75) is 12.5 Å². The largest absolute Gasteiger partial charge is 0.271 e. The van der Waals surface area contributed by atoms with Gasteiger partial charge in [-0.25, -0.2) is 0 Å². The van der Waals surface area contributed by atoms with Crippen LogP contribution in [0.25, 0.3) is 0 Å². The van der Waals surface area contributed by atoms with E-state index in [-0.39, 0.29) is 6.04 Å². The molecule has 0 aromatic carbocycles. The molecule has 0 aliphatic carbocycles. The average Bonchev–Trinajstić information content (AvgIpc) is 2.84. The second kappa shape index (κ2) is 5.00. The number of rotatable bonds is 4. The Morgan fingerprint density at radius 3 is 3.00 bits per heavy atom. The van der Waals surface area contributed by atoms with Gasteiger partial charge in [-0.05, 0) is 27.2 Å². The van der Waals surface area contributed by atoms with E-state index in [1.165, 1.54) is 4.80 Å². The molecule has 3 N–H and O–H groups in total. The fourth-order valence-electron chi connectivity index (χ4n) is 1.34. The van der Waals surface area contributed by atoms with Crippen LogP contribution in [-0.2, 0) is 13.5 Å². The predicted octanol–water partition coefficient (Wildman–Crippen LogP) is 0.781.